The molecule has 1 N–H and O–H groups in total. The molecule has 0 atom stereocenters. The van der Waals surface area contributed by atoms with E-state index in [-0.39, 0.29) is 17.2 Å². The summed E-state index contributed by atoms with van der Waals surface area (Å²) < 4.78 is 11.2. The highest BCUT2D eigenvalue weighted by Gasteiger charge is 2.36. The fourth-order valence-corrected chi connectivity index (χ4v) is 5.09. The van der Waals surface area contributed by atoms with Crippen LogP contribution in [-0.4, -0.2) is 40.5 Å². The number of imide groups is 1. The number of hydrogen-bond acceptors (Lipinski definition) is 8. The van der Waals surface area contributed by atoms with Gasteiger partial charge in [-0.2, -0.15) is 0 Å². The third-order valence-electron chi connectivity index (χ3n) is 6.14. The van der Waals surface area contributed by atoms with E-state index in [2.05, 4.69) is 5.32 Å². The van der Waals surface area contributed by atoms with Crippen LogP contribution in [0.1, 0.15) is 27.8 Å². The molecule has 0 aromatic heterocycles. The van der Waals surface area contributed by atoms with E-state index >= 15 is 0 Å². The maximum Gasteiger partial charge on any atom is 0.294 e. The lowest BCUT2D eigenvalue weighted by molar-refractivity contribution is -0.384. The molecule has 0 aliphatic carbocycles. The van der Waals surface area contributed by atoms with Crippen molar-refractivity contribution in [3.63, 3.8) is 0 Å². The summed E-state index contributed by atoms with van der Waals surface area (Å²) in [6.07, 6.45) is 1.56. The molecule has 1 heterocycles. The third kappa shape index (κ3) is 6.49. The summed E-state index contributed by atoms with van der Waals surface area (Å²) in [5.74, 6) is -0.183. The second-order valence-corrected chi connectivity index (χ2v) is 10.2. The zero-order valence-corrected chi connectivity index (χ0v) is 23.2. The molecular weight excluding hydrogens is 534 g/mol. The fourth-order valence-electron chi connectivity index (χ4n) is 4.26. The van der Waals surface area contributed by atoms with Crippen LogP contribution in [0.25, 0.3) is 6.08 Å². The number of ether oxygens (including phenoxy) is 2. The van der Waals surface area contributed by atoms with Crippen LogP contribution < -0.4 is 14.8 Å². The SMILES string of the molecule is COc1cc(/C=C2/SC(=O)N(CC(=O)Nc3c(C)cc(C)cc3C)C2=O)ccc1OCc1ccc([N+](=O)[O-])cc1. The molecule has 0 saturated carbocycles. The van der Waals surface area contributed by atoms with Gasteiger partial charge in [-0.3, -0.25) is 29.4 Å². The third-order valence-corrected chi connectivity index (χ3v) is 7.05. The Bertz CT molecular complexity index is 1510. The number of methoxy groups -OCH3 is 1. The summed E-state index contributed by atoms with van der Waals surface area (Å²) in [4.78, 5) is 49.7. The molecule has 1 aliphatic rings. The molecule has 4 rings (SSSR count). The Hall–Kier alpha value is -4.64. The fraction of sp³-hybridized carbons (Fsp3) is 0.207. The van der Waals surface area contributed by atoms with E-state index in [1.54, 1.807) is 36.4 Å². The van der Waals surface area contributed by atoms with Crippen LogP contribution in [0.4, 0.5) is 16.2 Å². The van der Waals surface area contributed by atoms with Crippen molar-refractivity contribution in [2.24, 2.45) is 0 Å². The lowest BCUT2D eigenvalue weighted by Gasteiger charge is -2.16. The largest absolute Gasteiger partial charge is 0.493 e. The predicted molar refractivity (Wildman–Crippen MR) is 152 cm³/mol. The van der Waals surface area contributed by atoms with Gasteiger partial charge in [0.1, 0.15) is 13.2 Å². The number of nitrogens with zero attached hydrogens (tertiary/aromatic N) is 2. The zero-order valence-electron chi connectivity index (χ0n) is 22.3. The Kier molecular flexibility index (Phi) is 8.54. The van der Waals surface area contributed by atoms with E-state index in [1.807, 2.05) is 32.9 Å². The van der Waals surface area contributed by atoms with E-state index in [4.69, 9.17) is 9.47 Å². The molecule has 0 bridgehead atoms. The minimum Gasteiger partial charge on any atom is -0.493 e. The number of nitrogens with one attached hydrogen (secondary N) is 1. The highest BCUT2D eigenvalue weighted by Crippen LogP contribution is 2.35. The Balaban J connectivity index is 1.42. The number of anilines is 1. The van der Waals surface area contributed by atoms with Crippen molar-refractivity contribution >= 4 is 46.3 Å². The number of carbonyl (C=O) groups excluding carboxylic acids is 3. The lowest BCUT2D eigenvalue weighted by Crippen LogP contribution is -2.36. The van der Waals surface area contributed by atoms with E-state index < -0.39 is 28.5 Å². The van der Waals surface area contributed by atoms with E-state index in [9.17, 15) is 24.5 Å². The maximum absolute atomic E-state index is 13.0. The van der Waals surface area contributed by atoms with Gasteiger partial charge in [-0.05, 0) is 85.1 Å². The molecule has 1 aliphatic heterocycles. The van der Waals surface area contributed by atoms with Crippen LogP contribution in [0.5, 0.6) is 11.5 Å². The highest BCUT2D eigenvalue weighted by atomic mass is 32.2. The molecule has 0 radical (unpaired) electrons. The Labute approximate surface area is 235 Å². The Morgan fingerprint density at radius 1 is 1.02 bits per heavy atom. The molecule has 3 aromatic rings. The summed E-state index contributed by atoms with van der Waals surface area (Å²) in [5, 5.41) is 13.1. The van der Waals surface area contributed by atoms with Gasteiger partial charge in [0.2, 0.25) is 5.91 Å². The van der Waals surface area contributed by atoms with Crippen LogP contribution in [0.15, 0.2) is 59.5 Å². The number of hydrogen-bond donors (Lipinski definition) is 1. The van der Waals surface area contributed by atoms with Gasteiger partial charge in [-0.25, -0.2) is 0 Å². The second-order valence-electron chi connectivity index (χ2n) is 9.21. The number of aryl methyl sites for hydroxylation is 3. The van der Waals surface area contributed by atoms with Gasteiger partial charge in [-0.1, -0.05) is 23.8 Å². The summed E-state index contributed by atoms with van der Waals surface area (Å²) in [6.45, 7) is 5.51. The molecule has 10 nitrogen and oxygen atoms in total. The normalized spacial score (nSPS) is 14.0. The van der Waals surface area contributed by atoms with Crippen molar-refractivity contribution in [1.29, 1.82) is 0 Å². The number of benzene rings is 3. The van der Waals surface area contributed by atoms with Gasteiger partial charge in [-0.15, -0.1) is 0 Å². The molecule has 11 heteroatoms. The molecule has 0 unspecified atom stereocenters. The first-order valence-corrected chi connectivity index (χ1v) is 13.0. The minimum absolute atomic E-state index is 0.00723. The summed E-state index contributed by atoms with van der Waals surface area (Å²) in [5.41, 5.74) is 4.86. The number of nitro benzene ring substituents is 1. The van der Waals surface area contributed by atoms with Crippen molar-refractivity contribution in [2.75, 3.05) is 19.0 Å². The summed E-state index contributed by atoms with van der Waals surface area (Å²) >= 11 is 0.760. The summed E-state index contributed by atoms with van der Waals surface area (Å²) in [6, 6.07) is 15.0. The standard InChI is InChI=1S/C29H27N3O7S/c1-17-11-18(2)27(19(3)12-17)30-26(33)15-31-28(34)25(40-29(31)35)14-21-7-10-23(24(13-21)38-4)39-16-20-5-8-22(9-6-20)32(36)37/h5-14H,15-16H2,1-4H3,(H,30,33)/b25-14+. The number of thioether (sulfide) groups is 1. The van der Waals surface area contributed by atoms with Gasteiger partial charge in [0.05, 0.1) is 16.9 Å². The van der Waals surface area contributed by atoms with E-state index in [0.717, 1.165) is 38.9 Å². The zero-order chi connectivity index (χ0) is 29.0. The molecule has 1 fully saturated rings. The lowest BCUT2D eigenvalue weighted by atomic mass is 10.1. The van der Waals surface area contributed by atoms with Crippen molar-refractivity contribution < 1.29 is 28.8 Å². The van der Waals surface area contributed by atoms with Crippen LogP contribution >= 0.6 is 11.8 Å². The monoisotopic (exact) mass is 561 g/mol. The Morgan fingerprint density at radius 2 is 1.70 bits per heavy atom. The quantitative estimate of drug-likeness (QED) is 0.198. The first-order chi connectivity index (χ1) is 19.0. The smallest absolute Gasteiger partial charge is 0.294 e. The molecule has 40 heavy (non-hydrogen) atoms. The first-order valence-electron chi connectivity index (χ1n) is 12.2. The van der Waals surface area contributed by atoms with Crippen LogP contribution in [0.3, 0.4) is 0 Å². The van der Waals surface area contributed by atoms with Crippen molar-refractivity contribution in [3.05, 3.63) is 97.4 Å². The number of nitro groups is 1. The van der Waals surface area contributed by atoms with E-state index in [0.29, 0.717) is 22.7 Å². The topological polar surface area (TPSA) is 128 Å². The molecule has 206 valence electrons. The maximum atomic E-state index is 13.0. The predicted octanol–water partition coefficient (Wildman–Crippen LogP) is 5.78. The van der Waals surface area contributed by atoms with E-state index in [1.165, 1.54) is 19.2 Å². The number of amides is 3. The average molecular weight is 562 g/mol. The molecule has 3 aromatic carbocycles. The first kappa shape index (κ1) is 28.4. The van der Waals surface area contributed by atoms with Gasteiger partial charge in [0, 0.05) is 17.8 Å². The molecule has 3 amide bonds. The summed E-state index contributed by atoms with van der Waals surface area (Å²) in [7, 11) is 1.47. The molecule has 0 spiro atoms. The Morgan fingerprint density at radius 3 is 2.33 bits per heavy atom. The van der Waals surface area contributed by atoms with Gasteiger partial charge < -0.3 is 14.8 Å². The minimum atomic E-state index is -0.556. The number of non-ortho nitro benzene ring substituents is 1. The molecular formula is C29H27N3O7S. The number of carbonyl (C=O) groups is 3. The highest BCUT2D eigenvalue weighted by molar-refractivity contribution is 8.18. The van der Waals surface area contributed by atoms with Gasteiger partial charge >= 0.3 is 0 Å². The van der Waals surface area contributed by atoms with Crippen molar-refractivity contribution in [3.8, 4) is 11.5 Å². The van der Waals surface area contributed by atoms with Crippen LogP contribution in [-0.2, 0) is 16.2 Å². The van der Waals surface area contributed by atoms with Crippen molar-refractivity contribution in [1.82, 2.24) is 4.90 Å². The van der Waals surface area contributed by atoms with Gasteiger partial charge in [0.25, 0.3) is 16.8 Å². The second kappa shape index (κ2) is 12.0. The molecule has 1 saturated heterocycles. The van der Waals surface area contributed by atoms with Crippen LogP contribution in [0.2, 0.25) is 0 Å². The van der Waals surface area contributed by atoms with Gasteiger partial charge in [0.15, 0.2) is 11.5 Å². The van der Waals surface area contributed by atoms with Crippen LogP contribution in [0, 0.1) is 30.9 Å². The van der Waals surface area contributed by atoms with Crippen molar-refractivity contribution in [2.45, 2.75) is 27.4 Å². The number of rotatable bonds is 9. The average Bonchev–Trinajstić information content (AvgIpc) is 3.17.